The number of nitro groups is 1. The lowest BCUT2D eigenvalue weighted by Crippen LogP contribution is -2.01. The Kier molecular flexibility index (Phi) is 15.8. The van der Waals surface area contributed by atoms with Gasteiger partial charge in [-0.3, -0.25) is 10.1 Å². The van der Waals surface area contributed by atoms with Gasteiger partial charge in [0.2, 0.25) is 0 Å². The second-order valence-electron chi connectivity index (χ2n) is 10.3. The lowest BCUT2D eigenvalue weighted by atomic mass is 10.0. The van der Waals surface area contributed by atoms with E-state index in [-0.39, 0.29) is 17.0 Å². The summed E-state index contributed by atoms with van der Waals surface area (Å²) in [6, 6.07) is 11.2. The number of hydrogen-bond donors (Lipinski definition) is 1. The molecule has 210 valence electrons. The topological polar surface area (TPSA) is 89.7 Å². The van der Waals surface area contributed by atoms with Crippen molar-refractivity contribution in [1.29, 1.82) is 0 Å². The molecular formula is C32H47NO5. The molecule has 0 saturated carbocycles. The first-order valence-electron chi connectivity index (χ1n) is 14.8. The van der Waals surface area contributed by atoms with Gasteiger partial charge in [0.1, 0.15) is 0 Å². The molecular weight excluding hydrogens is 478 g/mol. The Hall–Kier alpha value is -2.89. The van der Waals surface area contributed by atoms with Gasteiger partial charge in [0.05, 0.1) is 17.1 Å². The summed E-state index contributed by atoms with van der Waals surface area (Å²) in [6.07, 6.45) is 22.3. The van der Waals surface area contributed by atoms with E-state index >= 15 is 0 Å². The summed E-state index contributed by atoms with van der Waals surface area (Å²) in [6.45, 7) is 2.73. The van der Waals surface area contributed by atoms with E-state index < -0.39 is 10.9 Å². The van der Waals surface area contributed by atoms with E-state index in [0.29, 0.717) is 12.2 Å². The van der Waals surface area contributed by atoms with Crippen LogP contribution in [0.3, 0.4) is 0 Å². The van der Waals surface area contributed by atoms with Crippen LogP contribution in [0.4, 0.5) is 5.69 Å². The molecule has 1 N–H and O–H groups in total. The van der Waals surface area contributed by atoms with E-state index in [1.54, 1.807) is 24.3 Å². The Bertz CT molecular complexity index is 941. The molecule has 0 heterocycles. The minimum atomic E-state index is -1.00. The molecule has 0 aromatic heterocycles. The largest absolute Gasteiger partial charge is 0.487 e. The maximum atomic E-state index is 11.6. The molecule has 6 nitrogen and oxygen atoms in total. The number of hydrogen-bond acceptors (Lipinski definition) is 4. The van der Waals surface area contributed by atoms with Crippen LogP contribution in [0, 0.1) is 10.1 Å². The predicted octanol–water partition coefficient (Wildman–Crippen LogP) is 9.99. The van der Waals surface area contributed by atoms with E-state index in [9.17, 15) is 14.9 Å². The van der Waals surface area contributed by atoms with Crippen molar-refractivity contribution < 1.29 is 19.6 Å². The minimum Gasteiger partial charge on any atom is -0.487 e. The van der Waals surface area contributed by atoms with Gasteiger partial charge in [-0.05, 0) is 35.7 Å². The van der Waals surface area contributed by atoms with Gasteiger partial charge in [0.25, 0.3) is 0 Å². The maximum Gasteiger partial charge on any atom is 0.335 e. The molecule has 6 heteroatoms. The predicted molar refractivity (Wildman–Crippen MR) is 155 cm³/mol. The molecule has 0 aliphatic heterocycles. The lowest BCUT2D eigenvalue weighted by molar-refractivity contribution is -0.385. The SMILES string of the molecule is CCCCCCCCCCCCCCCCCCCOc1ccc(-c2ccc(C(=O)O)cc2)cc1[N+](=O)[O-]. The normalized spacial score (nSPS) is 11.0. The minimum absolute atomic E-state index is 0.0724. The molecule has 0 radical (unpaired) electrons. The van der Waals surface area contributed by atoms with E-state index in [2.05, 4.69) is 6.92 Å². The van der Waals surface area contributed by atoms with Crippen molar-refractivity contribution in [2.45, 2.75) is 116 Å². The first-order chi connectivity index (χ1) is 18.5. The van der Waals surface area contributed by atoms with Crippen LogP contribution in [0.2, 0.25) is 0 Å². The van der Waals surface area contributed by atoms with Gasteiger partial charge in [-0.1, -0.05) is 128 Å². The van der Waals surface area contributed by atoms with Crippen LogP contribution >= 0.6 is 0 Å². The van der Waals surface area contributed by atoms with Gasteiger partial charge in [0, 0.05) is 6.07 Å². The van der Waals surface area contributed by atoms with Gasteiger partial charge in [0.15, 0.2) is 5.75 Å². The summed E-state index contributed by atoms with van der Waals surface area (Å²) in [7, 11) is 0. The number of aromatic carboxylic acids is 1. The number of unbranched alkanes of at least 4 members (excludes halogenated alkanes) is 16. The number of nitro benzene ring substituents is 1. The molecule has 0 atom stereocenters. The third-order valence-corrected chi connectivity index (χ3v) is 7.13. The monoisotopic (exact) mass is 525 g/mol. The molecule has 0 spiro atoms. The van der Waals surface area contributed by atoms with Crippen LogP contribution in [0.25, 0.3) is 11.1 Å². The Morgan fingerprint density at radius 1 is 0.711 bits per heavy atom. The van der Waals surface area contributed by atoms with Crippen LogP contribution in [0.15, 0.2) is 42.5 Å². The second kappa shape index (κ2) is 19.2. The van der Waals surface area contributed by atoms with Gasteiger partial charge < -0.3 is 9.84 Å². The van der Waals surface area contributed by atoms with Crippen LogP contribution in [-0.4, -0.2) is 22.6 Å². The third kappa shape index (κ3) is 12.6. The fourth-order valence-electron chi connectivity index (χ4n) is 4.78. The van der Waals surface area contributed by atoms with Crippen molar-refractivity contribution in [1.82, 2.24) is 0 Å². The number of nitrogens with zero attached hydrogens (tertiary/aromatic N) is 1. The number of ether oxygens (including phenoxy) is 1. The highest BCUT2D eigenvalue weighted by Crippen LogP contribution is 2.32. The third-order valence-electron chi connectivity index (χ3n) is 7.13. The van der Waals surface area contributed by atoms with E-state index in [0.717, 1.165) is 18.4 Å². The van der Waals surface area contributed by atoms with Crippen molar-refractivity contribution in [2.24, 2.45) is 0 Å². The summed E-state index contributed by atoms with van der Waals surface area (Å²) in [5.41, 5.74) is 1.48. The number of benzene rings is 2. The number of carboxylic acids is 1. The van der Waals surface area contributed by atoms with Crippen molar-refractivity contribution in [3.05, 3.63) is 58.1 Å². The molecule has 0 bridgehead atoms. The molecule has 0 saturated heterocycles. The van der Waals surface area contributed by atoms with Gasteiger partial charge in [-0.15, -0.1) is 0 Å². The average molecular weight is 526 g/mol. The molecule has 0 aliphatic carbocycles. The molecule has 0 aliphatic rings. The quantitative estimate of drug-likeness (QED) is 0.0938. The summed E-state index contributed by atoms with van der Waals surface area (Å²) in [5.74, 6) is -0.729. The second-order valence-corrected chi connectivity index (χ2v) is 10.3. The van der Waals surface area contributed by atoms with Gasteiger partial charge in [-0.2, -0.15) is 0 Å². The van der Waals surface area contributed by atoms with Crippen molar-refractivity contribution in [3.8, 4) is 16.9 Å². The summed E-state index contributed by atoms with van der Waals surface area (Å²) < 4.78 is 5.74. The first-order valence-corrected chi connectivity index (χ1v) is 14.8. The highest BCUT2D eigenvalue weighted by atomic mass is 16.6. The van der Waals surface area contributed by atoms with Crippen LogP contribution in [-0.2, 0) is 0 Å². The Morgan fingerprint density at radius 3 is 1.61 bits per heavy atom. The first kappa shape index (κ1) is 31.3. The zero-order valence-corrected chi connectivity index (χ0v) is 23.3. The smallest absolute Gasteiger partial charge is 0.335 e. The maximum absolute atomic E-state index is 11.6. The Labute approximate surface area is 229 Å². The Balaban J connectivity index is 1.54. The zero-order valence-electron chi connectivity index (χ0n) is 23.3. The van der Waals surface area contributed by atoms with E-state index in [4.69, 9.17) is 9.84 Å². The average Bonchev–Trinajstić information content (AvgIpc) is 2.92. The van der Waals surface area contributed by atoms with Crippen molar-refractivity contribution >= 4 is 11.7 Å². The van der Waals surface area contributed by atoms with Crippen LogP contribution in [0.5, 0.6) is 5.75 Å². The number of carboxylic acid groups (broad SMARTS) is 1. The van der Waals surface area contributed by atoms with Gasteiger partial charge >= 0.3 is 11.7 Å². The van der Waals surface area contributed by atoms with Crippen molar-refractivity contribution in [3.63, 3.8) is 0 Å². The Morgan fingerprint density at radius 2 is 1.16 bits per heavy atom. The van der Waals surface area contributed by atoms with Crippen LogP contribution < -0.4 is 4.74 Å². The highest BCUT2D eigenvalue weighted by molar-refractivity contribution is 5.88. The standard InChI is InChI=1S/C32H47NO5/c1-2-3-4-5-6-7-8-9-10-11-12-13-14-15-16-17-18-25-38-31-24-23-29(26-30(31)33(36)37)27-19-21-28(22-20-27)32(34)35/h19-24,26H,2-18,25H2,1H3,(H,34,35). The lowest BCUT2D eigenvalue weighted by Gasteiger charge is -2.09. The summed E-state index contributed by atoms with van der Waals surface area (Å²) >= 11 is 0. The van der Waals surface area contributed by atoms with E-state index in [1.165, 1.54) is 115 Å². The summed E-state index contributed by atoms with van der Waals surface area (Å²) in [5, 5.41) is 20.6. The fourth-order valence-corrected chi connectivity index (χ4v) is 4.78. The molecule has 2 aromatic carbocycles. The molecule has 0 amide bonds. The number of rotatable bonds is 22. The van der Waals surface area contributed by atoms with Gasteiger partial charge in [-0.25, -0.2) is 4.79 Å². The summed E-state index contributed by atoms with van der Waals surface area (Å²) in [4.78, 5) is 22.2. The number of carbonyl (C=O) groups is 1. The molecule has 0 fully saturated rings. The molecule has 2 rings (SSSR count). The molecule has 38 heavy (non-hydrogen) atoms. The zero-order chi connectivity index (χ0) is 27.4. The van der Waals surface area contributed by atoms with Crippen LogP contribution in [0.1, 0.15) is 126 Å². The molecule has 2 aromatic rings. The van der Waals surface area contributed by atoms with E-state index in [1.807, 2.05) is 0 Å². The fraction of sp³-hybridized carbons (Fsp3) is 0.594. The molecule has 0 unspecified atom stereocenters. The van der Waals surface area contributed by atoms with Crippen molar-refractivity contribution in [2.75, 3.05) is 6.61 Å². The highest BCUT2D eigenvalue weighted by Gasteiger charge is 2.17.